The summed E-state index contributed by atoms with van der Waals surface area (Å²) >= 11 is 5.47. The molecule has 3 nitrogen and oxygen atoms in total. The zero-order valence-corrected chi connectivity index (χ0v) is 12.2. The number of thiocarbonyl (C=S) groups is 1. The number of hydrogen-bond donors (Lipinski definition) is 1. The molecule has 0 aromatic heterocycles. The van der Waals surface area contributed by atoms with Crippen molar-refractivity contribution >= 4 is 23.0 Å². The van der Waals surface area contributed by atoms with E-state index in [0.717, 1.165) is 23.8 Å². The summed E-state index contributed by atoms with van der Waals surface area (Å²) in [6.07, 6.45) is 1.06. The van der Waals surface area contributed by atoms with Crippen LogP contribution in [0.4, 0.5) is 5.69 Å². The van der Waals surface area contributed by atoms with Gasteiger partial charge in [-0.05, 0) is 37.7 Å². The molecule has 1 unspecified atom stereocenters. The summed E-state index contributed by atoms with van der Waals surface area (Å²) in [5.41, 5.74) is 1.02. The summed E-state index contributed by atoms with van der Waals surface area (Å²) in [4.78, 5) is 2.17. The van der Waals surface area contributed by atoms with Crippen LogP contribution in [0.15, 0.2) is 30.3 Å². The van der Waals surface area contributed by atoms with E-state index in [1.54, 1.807) is 7.11 Å². The molecule has 0 radical (unpaired) electrons. The van der Waals surface area contributed by atoms with Gasteiger partial charge in [0.2, 0.25) is 0 Å². The Morgan fingerprint density at radius 1 is 1.39 bits per heavy atom. The number of nitrogens with one attached hydrogen (secondary N) is 1. The predicted molar refractivity (Wildman–Crippen MR) is 81.0 cm³/mol. The number of benzene rings is 1. The molecule has 0 aliphatic heterocycles. The van der Waals surface area contributed by atoms with Crippen LogP contribution < -0.4 is 5.32 Å². The van der Waals surface area contributed by atoms with Gasteiger partial charge in [-0.15, -0.1) is 0 Å². The summed E-state index contributed by atoms with van der Waals surface area (Å²) in [6, 6.07) is 10.4. The van der Waals surface area contributed by atoms with E-state index in [0.29, 0.717) is 12.6 Å². The van der Waals surface area contributed by atoms with Crippen molar-refractivity contribution < 1.29 is 4.74 Å². The van der Waals surface area contributed by atoms with Crippen molar-refractivity contribution in [3.05, 3.63) is 30.3 Å². The molecule has 0 aliphatic rings. The number of para-hydroxylation sites is 1. The first kappa shape index (κ1) is 14.9. The van der Waals surface area contributed by atoms with E-state index in [1.807, 2.05) is 30.3 Å². The average molecular weight is 266 g/mol. The number of ether oxygens (including phenoxy) is 1. The quantitative estimate of drug-likeness (QED) is 0.800. The number of nitrogens with zero attached hydrogens (tertiary/aromatic N) is 1. The molecule has 4 heteroatoms. The molecule has 0 amide bonds. The molecule has 0 saturated carbocycles. The minimum atomic E-state index is 0.406. The molecule has 18 heavy (non-hydrogen) atoms. The van der Waals surface area contributed by atoms with Crippen molar-refractivity contribution in [2.24, 2.45) is 0 Å². The molecule has 1 aromatic rings. The highest BCUT2D eigenvalue weighted by atomic mass is 32.1. The first-order valence-electron chi connectivity index (χ1n) is 6.30. The highest BCUT2D eigenvalue weighted by Crippen LogP contribution is 2.10. The summed E-state index contributed by atoms with van der Waals surface area (Å²) in [5.74, 6) is 0. The van der Waals surface area contributed by atoms with E-state index in [4.69, 9.17) is 17.0 Å². The van der Waals surface area contributed by atoms with Crippen LogP contribution in [0.25, 0.3) is 0 Å². The molecular formula is C14H22N2OS. The Balaban J connectivity index is 2.64. The second-order valence-corrected chi connectivity index (χ2v) is 4.63. The Hall–Kier alpha value is -1.13. The second kappa shape index (κ2) is 8.06. The van der Waals surface area contributed by atoms with Crippen LogP contribution in [0.5, 0.6) is 0 Å². The number of anilines is 1. The Labute approximate surface area is 115 Å². The van der Waals surface area contributed by atoms with Gasteiger partial charge < -0.3 is 15.0 Å². The molecule has 0 saturated heterocycles. The highest BCUT2D eigenvalue weighted by molar-refractivity contribution is 7.80. The van der Waals surface area contributed by atoms with Crippen LogP contribution in [0.3, 0.4) is 0 Å². The summed E-state index contributed by atoms with van der Waals surface area (Å²) in [5, 5.41) is 4.02. The fourth-order valence-corrected chi connectivity index (χ4v) is 2.04. The summed E-state index contributed by atoms with van der Waals surface area (Å²) in [7, 11) is 1.71. The van der Waals surface area contributed by atoms with E-state index < -0.39 is 0 Å². The first-order valence-corrected chi connectivity index (χ1v) is 6.71. The fraction of sp³-hybridized carbons (Fsp3) is 0.500. The minimum Gasteiger partial charge on any atom is -0.383 e. The minimum absolute atomic E-state index is 0.406. The van der Waals surface area contributed by atoms with Crippen molar-refractivity contribution in [2.45, 2.75) is 26.3 Å². The molecule has 100 valence electrons. The van der Waals surface area contributed by atoms with E-state index in [9.17, 15) is 0 Å². The average Bonchev–Trinajstić information content (AvgIpc) is 2.40. The van der Waals surface area contributed by atoms with Gasteiger partial charge in [-0.3, -0.25) is 0 Å². The van der Waals surface area contributed by atoms with Gasteiger partial charge in [0.1, 0.15) is 0 Å². The lowest BCUT2D eigenvalue weighted by molar-refractivity contribution is 0.164. The Kier molecular flexibility index (Phi) is 6.68. The molecule has 0 heterocycles. The van der Waals surface area contributed by atoms with Gasteiger partial charge in [-0.2, -0.15) is 0 Å². The molecule has 0 aliphatic carbocycles. The lowest BCUT2D eigenvalue weighted by Gasteiger charge is -2.31. The molecule has 1 atom stereocenters. The first-order chi connectivity index (χ1) is 8.69. The van der Waals surface area contributed by atoms with E-state index in [-0.39, 0.29) is 0 Å². The topological polar surface area (TPSA) is 24.5 Å². The standard InChI is InChI=1S/C14H22N2OS/c1-4-12(2)16(10-11-17-3)14(18)15-13-8-6-5-7-9-13/h5-9,12H,4,10-11H2,1-3H3,(H,15,18). The maximum absolute atomic E-state index is 5.47. The van der Waals surface area contributed by atoms with Crippen LogP contribution >= 0.6 is 12.2 Å². The van der Waals surface area contributed by atoms with Crippen LogP contribution in [0.2, 0.25) is 0 Å². The smallest absolute Gasteiger partial charge is 0.173 e. The third-order valence-corrected chi connectivity index (χ3v) is 3.28. The van der Waals surface area contributed by atoms with Crippen molar-refractivity contribution in [3.8, 4) is 0 Å². The number of rotatable bonds is 6. The van der Waals surface area contributed by atoms with Crippen LogP contribution in [0, 0.1) is 0 Å². The van der Waals surface area contributed by atoms with Crippen LogP contribution in [0.1, 0.15) is 20.3 Å². The lowest BCUT2D eigenvalue weighted by atomic mass is 10.2. The third kappa shape index (κ3) is 4.63. The maximum atomic E-state index is 5.47. The largest absolute Gasteiger partial charge is 0.383 e. The van der Waals surface area contributed by atoms with Gasteiger partial charge in [0.05, 0.1) is 6.61 Å². The molecule has 0 spiro atoms. The fourth-order valence-electron chi connectivity index (χ4n) is 1.65. The Morgan fingerprint density at radius 2 is 2.06 bits per heavy atom. The highest BCUT2D eigenvalue weighted by Gasteiger charge is 2.15. The zero-order chi connectivity index (χ0) is 13.4. The normalized spacial score (nSPS) is 11.9. The van der Waals surface area contributed by atoms with Crippen molar-refractivity contribution in [2.75, 3.05) is 25.6 Å². The van der Waals surface area contributed by atoms with Gasteiger partial charge in [-0.25, -0.2) is 0 Å². The van der Waals surface area contributed by atoms with Gasteiger partial charge in [-0.1, -0.05) is 25.1 Å². The van der Waals surface area contributed by atoms with Gasteiger partial charge >= 0.3 is 0 Å². The molecular weight excluding hydrogens is 244 g/mol. The van der Waals surface area contributed by atoms with E-state index >= 15 is 0 Å². The van der Waals surface area contributed by atoms with Crippen molar-refractivity contribution in [1.82, 2.24) is 4.90 Å². The van der Waals surface area contributed by atoms with E-state index in [2.05, 4.69) is 24.1 Å². The lowest BCUT2D eigenvalue weighted by Crippen LogP contribution is -2.42. The van der Waals surface area contributed by atoms with E-state index in [1.165, 1.54) is 0 Å². The van der Waals surface area contributed by atoms with Crippen molar-refractivity contribution in [1.29, 1.82) is 0 Å². The monoisotopic (exact) mass is 266 g/mol. The third-order valence-electron chi connectivity index (χ3n) is 2.95. The predicted octanol–water partition coefficient (Wildman–Crippen LogP) is 3.13. The number of methoxy groups -OCH3 is 1. The zero-order valence-electron chi connectivity index (χ0n) is 11.3. The van der Waals surface area contributed by atoms with Crippen molar-refractivity contribution in [3.63, 3.8) is 0 Å². The summed E-state index contributed by atoms with van der Waals surface area (Å²) < 4.78 is 5.14. The van der Waals surface area contributed by atoms with Gasteiger partial charge in [0, 0.05) is 25.4 Å². The Morgan fingerprint density at radius 3 is 2.61 bits per heavy atom. The van der Waals surface area contributed by atoms with Crippen LogP contribution in [-0.4, -0.2) is 36.3 Å². The molecule has 0 bridgehead atoms. The maximum Gasteiger partial charge on any atom is 0.173 e. The number of hydrogen-bond acceptors (Lipinski definition) is 2. The molecule has 1 N–H and O–H groups in total. The van der Waals surface area contributed by atoms with Crippen LogP contribution in [-0.2, 0) is 4.74 Å². The summed E-state index contributed by atoms with van der Waals surface area (Å²) in [6.45, 7) is 5.83. The molecule has 1 aromatic carbocycles. The van der Waals surface area contributed by atoms with Gasteiger partial charge in [0.25, 0.3) is 0 Å². The van der Waals surface area contributed by atoms with Gasteiger partial charge in [0.15, 0.2) is 5.11 Å². The Bertz CT molecular complexity index is 356. The SMILES string of the molecule is CCC(C)N(CCOC)C(=S)Nc1ccccc1. The second-order valence-electron chi connectivity index (χ2n) is 4.24. The molecule has 1 rings (SSSR count). The molecule has 0 fully saturated rings.